The van der Waals surface area contributed by atoms with Gasteiger partial charge in [0.1, 0.15) is 5.75 Å². The number of carbonyl (C=O) groups excluding carboxylic acids is 1. The number of hydrazone groups is 1. The van der Waals surface area contributed by atoms with Crippen molar-refractivity contribution < 1.29 is 9.53 Å². The molecule has 0 saturated carbocycles. The molecule has 9 heteroatoms. The van der Waals surface area contributed by atoms with Crippen LogP contribution in [0, 0.1) is 0 Å². The molecule has 0 unspecified atom stereocenters. The minimum Gasteiger partial charge on any atom is -0.423 e. The Hall–Kier alpha value is -5.57. The summed E-state index contributed by atoms with van der Waals surface area (Å²) in [6.45, 7) is 0. The number of carbonyl (C=O) groups is 1. The number of aromatic nitrogens is 3. The van der Waals surface area contributed by atoms with Crippen molar-refractivity contribution in [1.82, 2.24) is 15.0 Å². The van der Waals surface area contributed by atoms with Crippen LogP contribution in [0.5, 0.6) is 5.75 Å². The van der Waals surface area contributed by atoms with Crippen LogP contribution in [-0.4, -0.2) is 27.1 Å². The zero-order valence-electron chi connectivity index (χ0n) is 20.2. The van der Waals surface area contributed by atoms with Gasteiger partial charge in [0.25, 0.3) is 0 Å². The van der Waals surface area contributed by atoms with Crippen molar-refractivity contribution >= 4 is 41.4 Å². The zero-order chi connectivity index (χ0) is 26.0. The van der Waals surface area contributed by atoms with Gasteiger partial charge >= 0.3 is 5.97 Å². The number of ether oxygens (including phenoxy) is 1. The van der Waals surface area contributed by atoms with Crippen LogP contribution in [0.2, 0.25) is 0 Å². The van der Waals surface area contributed by atoms with Gasteiger partial charge in [0.15, 0.2) is 0 Å². The maximum atomic E-state index is 12.2. The molecule has 1 aromatic heterocycles. The number of nitrogens with one attached hydrogen (secondary N) is 3. The quantitative estimate of drug-likeness (QED) is 0.0972. The molecule has 9 nitrogen and oxygen atoms in total. The number of rotatable bonds is 9. The smallest absolute Gasteiger partial charge is 0.343 e. The first-order chi connectivity index (χ1) is 18.7. The monoisotopic (exact) mass is 501 g/mol. The number of anilines is 5. The Balaban J connectivity index is 1.27. The van der Waals surface area contributed by atoms with Crippen LogP contribution < -0.4 is 20.8 Å². The molecule has 0 atom stereocenters. The predicted molar refractivity (Wildman–Crippen MR) is 148 cm³/mol. The molecule has 0 bridgehead atoms. The van der Waals surface area contributed by atoms with E-state index in [1.807, 2.05) is 66.7 Å². The lowest BCUT2D eigenvalue weighted by Crippen LogP contribution is -2.08. The molecule has 38 heavy (non-hydrogen) atoms. The summed E-state index contributed by atoms with van der Waals surface area (Å²) in [6.07, 6.45) is 1.61. The van der Waals surface area contributed by atoms with Gasteiger partial charge in [-0.15, -0.1) is 0 Å². The number of hydrogen-bond donors (Lipinski definition) is 3. The predicted octanol–water partition coefficient (Wildman–Crippen LogP) is 6.02. The first-order valence-corrected chi connectivity index (χ1v) is 11.8. The molecular weight excluding hydrogens is 478 g/mol. The topological polar surface area (TPSA) is 113 Å². The summed E-state index contributed by atoms with van der Waals surface area (Å²) in [5.41, 5.74) is 5.81. The van der Waals surface area contributed by atoms with Gasteiger partial charge in [0.2, 0.25) is 17.8 Å². The standard InChI is InChI=1S/C29H23N7O2/c37-26(22-10-4-1-5-11-22)38-25-18-16-21(17-19-25)20-30-36-29-34-27(31-23-12-6-2-7-13-23)33-28(35-29)32-24-14-8-3-9-15-24/h1-20H,(H3,31,32,33,34,35,36). The maximum Gasteiger partial charge on any atom is 0.343 e. The Bertz CT molecular complexity index is 1450. The van der Waals surface area contributed by atoms with Crippen LogP contribution in [0.15, 0.2) is 120 Å². The van der Waals surface area contributed by atoms with Crippen LogP contribution >= 0.6 is 0 Å². The lowest BCUT2D eigenvalue weighted by Gasteiger charge is -2.10. The van der Waals surface area contributed by atoms with Gasteiger partial charge < -0.3 is 15.4 Å². The average Bonchev–Trinajstić information content (AvgIpc) is 2.95. The van der Waals surface area contributed by atoms with Crippen LogP contribution in [-0.2, 0) is 0 Å². The third-order valence-electron chi connectivity index (χ3n) is 5.17. The molecule has 1 heterocycles. The largest absolute Gasteiger partial charge is 0.423 e. The van der Waals surface area contributed by atoms with E-state index in [0.29, 0.717) is 23.2 Å². The van der Waals surface area contributed by atoms with E-state index in [1.165, 1.54) is 0 Å². The second-order valence-corrected chi connectivity index (χ2v) is 7.98. The molecule has 186 valence electrons. The lowest BCUT2D eigenvalue weighted by atomic mass is 10.2. The van der Waals surface area contributed by atoms with E-state index in [1.54, 1.807) is 54.7 Å². The number of para-hydroxylation sites is 2. The van der Waals surface area contributed by atoms with E-state index in [-0.39, 0.29) is 5.95 Å². The van der Waals surface area contributed by atoms with Crippen LogP contribution in [0.3, 0.4) is 0 Å². The van der Waals surface area contributed by atoms with E-state index >= 15 is 0 Å². The summed E-state index contributed by atoms with van der Waals surface area (Å²) < 4.78 is 5.41. The van der Waals surface area contributed by atoms with Crippen LogP contribution in [0.4, 0.5) is 29.2 Å². The summed E-state index contributed by atoms with van der Waals surface area (Å²) in [5.74, 6) is 0.985. The minimum absolute atomic E-state index is 0.251. The van der Waals surface area contributed by atoms with Crippen molar-refractivity contribution in [3.05, 3.63) is 126 Å². The van der Waals surface area contributed by atoms with Gasteiger partial charge in [0.05, 0.1) is 11.8 Å². The Morgan fingerprint density at radius 3 is 1.68 bits per heavy atom. The highest BCUT2D eigenvalue weighted by molar-refractivity contribution is 5.91. The fourth-order valence-corrected chi connectivity index (χ4v) is 3.37. The highest BCUT2D eigenvalue weighted by Crippen LogP contribution is 2.19. The van der Waals surface area contributed by atoms with Gasteiger partial charge in [0, 0.05) is 11.4 Å². The molecule has 5 aromatic rings. The normalized spacial score (nSPS) is 10.6. The molecule has 0 saturated heterocycles. The summed E-state index contributed by atoms with van der Waals surface area (Å²) in [6, 6.07) is 35.0. The third kappa shape index (κ3) is 6.76. The molecule has 0 amide bonds. The van der Waals surface area contributed by atoms with Gasteiger partial charge in [-0.1, -0.05) is 54.6 Å². The lowest BCUT2D eigenvalue weighted by molar-refractivity contribution is 0.0734. The van der Waals surface area contributed by atoms with E-state index in [0.717, 1.165) is 16.9 Å². The fraction of sp³-hybridized carbons (Fsp3) is 0. The van der Waals surface area contributed by atoms with Crippen LogP contribution in [0.1, 0.15) is 15.9 Å². The van der Waals surface area contributed by atoms with Crippen molar-refractivity contribution in [2.24, 2.45) is 5.10 Å². The van der Waals surface area contributed by atoms with Crippen molar-refractivity contribution in [2.45, 2.75) is 0 Å². The second kappa shape index (κ2) is 11.9. The number of benzene rings is 4. The number of esters is 1. The summed E-state index contributed by atoms with van der Waals surface area (Å²) in [5, 5.41) is 10.6. The van der Waals surface area contributed by atoms with Crippen molar-refractivity contribution in [1.29, 1.82) is 0 Å². The first kappa shape index (κ1) is 24.1. The SMILES string of the molecule is O=C(Oc1ccc(C=NNc2nc(Nc3ccccc3)nc(Nc3ccccc3)n2)cc1)c1ccccc1. The van der Waals surface area contributed by atoms with E-state index in [4.69, 9.17) is 4.74 Å². The molecule has 0 spiro atoms. The number of nitrogens with zero attached hydrogens (tertiary/aromatic N) is 4. The maximum absolute atomic E-state index is 12.2. The molecule has 0 aliphatic heterocycles. The Labute approximate surface area is 219 Å². The van der Waals surface area contributed by atoms with E-state index in [2.05, 4.69) is 36.1 Å². The molecule has 4 aromatic carbocycles. The molecular formula is C29H23N7O2. The Kier molecular flexibility index (Phi) is 7.57. The van der Waals surface area contributed by atoms with Gasteiger partial charge in [-0.05, 0) is 66.2 Å². The summed E-state index contributed by atoms with van der Waals surface area (Å²) >= 11 is 0. The highest BCUT2D eigenvalue weighted by Gasteiger charge is 2.09. The summed E-state index contributed by atoms with van der Waals surface area (Å²) in [7, 11) is 0. The van der Waals surface area contributed by atoms with Crippen molar-refractivity contribution in [3.63, 3.8) is 0 Å². The molecule has 0 fully saturated rings. The Morgan fingerprint density at radius 2 is 1.13 bits per heavy atom. The second-order valence-electron chi connectivity index (χ2n) is 7.98. The molecule has 0 radical (unpaired) electrons. The van der Waals surface area contributed by atoms with Crippen LogP contribution in [0.25, 0.3) is 0 Å². The summed E-state index contributed by atoms with van der Waals surface area (Å²) in [4.78, 5) is 25.5. The molecule has 3 N–H and O–H groups in total. The van der Waals surface area contributed by atoms with Crippen molar-refractivity contribution in [2.75, 3.05) is 16.1 Å². The highest BCUT2D eigenvalue weighted by atomic mass is 16.5. The Morgan fingerprint density at radius 1 is 0.632 bits per heavy atom. The van der Waals surface area contributed by atoms with Gasteiger partial charge in [-0.25, -0.2) is 10.2 Å². The zero-order valence-corrected chi connectivity index (χ0v) is 20.2. The number of hydrogen-bond acceptors (Lipinski definition) is 9. The molecule has 5 rings (SSSR count). The fourth-order valence-electron chi connectivity index (χ4n) is 3.37. The van der Waals surface area contributed by atoms with Gasteiger partial charge in [-0.3, -0.25) is 0 Å². The van der Waals surface area contributed by atoms with E-state index < -0.39 is 5.97 Å². The molecule has 0 aliphatic rings. The minimum atomic E-state index is -0.414. The molecule has 0 aliphatic carbocycles. The average molecular weight is 502 g/mol. The van der Waals surface area contributed by atoms with Gasteiger partial charge in [-0.2, -0.15) is 20.1 Å². The van der Waals surface area contributed by atoms with Crippen molar-refractivity contribution in [3.8, 4) is 5.75 Å². The van der Waals surface area contributed by atoms with E-state index in [9.17, 15) is 4.79 Å². The third-order valence-corrected chi connectivity index (χ3v) is 5.17. The first-order valence-electron chi connectivity index (χ1n) is 11.8.